The largest absolute Gasteiger partial charge is 0.243 e. The van der Waals surface area contributed by atoms with Gasteiger partial charge in [-0.3, -0.25) is 0 Å². The molecule has 74 valence electrons. The summed E-state index contributed by atoms with van der Waals surface area (Å²) in [7, 11) is 0. The van der Waals surface area contributed by atoms with Gasteiger partial charge in [-0.2, -0.15) is 0 Å². The normalized spacial score (nSPS) is 12.0. The van der Waals surface area contributed by atoms with E-state index >= 15 is 0 Å². The predicted molar refractivity (Wildman–Crippen MR) is 54.4 cm³/mol. The van der Waals surface area contributed by atoms with Crippen LogP contribution in [0.3, 0.4) is 0 Å². The van der Waals surface area contributed by atoms with E-state index in [0.29, 0.717) is 5.41 Å². The molecule has 0 aliphatic rings. The maximum absolute atomic E-state index is 2.31. The molecule has 1 rings (SSSR count). The predicted octanol–water partition coefficient (Wildman–Crippen LogP) is 2.23. The lowest BCUT2D eigenvalue weighted by Gasteiger charge is -2.19. The Hall–Kier alpha value is -0.790. The fraction of sp³-hybridized carbons (Fsp3) is 0.727. The quantitative estimate of drug-likeness (QED) is 0.630. The van der Waals surface area contributed by atoms with Gasteiger partial charge in [0, 0.05) is 5.41 Å². The molecule has 0 aliphatic carbocycles. The van der Waals surface area contributed by atoms with Gasteiger partial charge in [-0.05, 0) is 13.3 Å². The lowest BCUT2D eigenvalue weighted by Crippen LogP contribution is -2.39. The van der Waals surface area contributed by atoms with E-state index < -0.39 is 0 Å². The number of nitrogens with zero attached hydrogens (tertiary/aromatic N) is 2. The SMILES string of the molecule is CCn1cc[n+](CC(C)(C)CC)c1. The second-order valence-electron chi connectivity index (χ2n) is 4.43. The molecule has 0 spiro atoms. The van der Waals surface area contributed by atoms with Crippen LogP contribution in [0.15, 0.2) is 18.7 Å². The maximum Gasteiger partial charge on any atom is 0.243 e. The molecule has 1 heterocycles. The van der Waals surface area contributed by atoms with Crippen LogP contribution in [-0.2, 0) is 13.1 Å². The van der Waals surface area contributed by atoms with E-state index in [-0.39, 0.29) is 0 Å². The van der Waals surface area contributed by atoms with Crippen molar-refractivity contribution >= 4 is 0 Å². The van der Waals surface area contributed by atoms with Gasteiger partial charge in [0.15, 0.2) is 0 Å². The minimum absolute atomic E-state index is 0.407. The van der Waals surface area contributed by atoms with Gasteiger partial charge in [-0.25, -0.2) is 9.13 Å². The number of hydrogen-bond acceptors (Lipinski definition) is 0. The summed E-state index contributed by atoms with van der Waals surface area (Å²) in [6, 6.07) is 0. The molecule has 13 heavy (non-hydrogen) atoms. The van der Waals surface area contributed by atoms with Crippen LogP contribution in [-0.4, -0.2) is 4.57 Å². The molecule has 0 aliphatic heterocycles. The molecule has 0 atom stereocenters. The van der Waals surface area contributed by atoms with Gasteiger partial charge in [0.05, 0.1) is 13.1 Å². The van der Waals surface area contributed by atoms with E-state index in [4.69, 9.17) is 0 Å². The Labute approximate surface area is 81.2 Å². The topological polar surface area (TPSA) is 8.81 Å². The van der Waals surface area contributed by atoms with Crippen LogP contribution in [0.1, 0.15) is 34.1 Å². The molecule has 0 amide bonds. The minimum Gasteiger partial charge on any atom is -0.237 e. The number of aryl methyl sites for hydroxylation is 1. The second-order valence-corrected chi connectivity index (χ2v) is 4.43. The van der Waals surface area contributed by atoms with Gasteiger partial charge in [0.2, 0.25) is 6.33 Å². The summed E-state index contributed by atoms with van der Waals surface area (Å²) in [5.74, 6) is 0. The lowest BCUT2D eigenvalue weighted by molar-refractivity contribution is -0.708. The average Bonchev–Trinajstić information content (AvgIpc) is 2.52. The molecule has 1 aromatic rings. The van der Waals surface area contributed by atoms with Crippen molar-refractivity contribution in [1.29, 1.82) is 0 Å². The average molecular weight is 181 g/mol. The highest BCUT2D eigenvalue weighted by molar-refractivity contribution is 4.67. The molecule has 0 saturated carbocycles. The molecule has 0 saturated heterocycles. The van der Waals surface area contributed by atoms with Crippen LogP contribution in [0, 0.1) is 5.41 Å². The lowest BCUT2D eigenvalue weighted by atomic mass is 9.90. The van der Waals surface area contributed by atoms with Gasteiger partial charge in [0.1, 0.15) is 12.4 Å². The highest BCUT2D eigenvalue weighted by Gasteiger charge is 2.18. The Balaban J connectivity index is 2.63. The monoisotopic (exact) mass is 181 g/mol. The molecule has 0 unspecified atom stereocenters. The van der Waals surface area contributed by atoms with Crippen LogP contribution >= 0.6 is 0 Å². The molecular weight excluding hydrogens is 160 g/mol. The van der Waals surface area contributed by atoms with Crippen molar-refractivity contribution in [2.24, 2.45) is 5.41 Å². The maximum atomic E-state index is 2.31. The Morgan fingerprint density at radius 2 is 2.00 bits per heavy atom. The van der Waals surface area contributed by atoms with E-state index in [1.807, 2.05) is 0 Å². The number of aromatic nitrogens is 2. The molecule has 0 aromatic carbocycles. The highest BCUT2D eigenvalue weighted by Crippen LogP contribution is 2.19. The highest BCUT2D eigenvalue weighted by atomic mass is 15.1. The van der Waals surface area contributed by atoms with Crippen LogP contribution < -0.4 is 4.57 Å². The first kappa shape index (κ1) is 10.3. The number of rotatable bonds is 4. The third-order valence-corrected chi connectivity index (χ3v) is 2.68. The molecule has 0 fully saturated rings. The second kappa shape index (κ2) is 3.95. The summed E-state index contributed by atoms with van der Waals surface area (Å²) in [6.07, 6.45) is 7.68. The summed E-state index contributed by atoms with van der Waals surface area (Å²) in [6.45, 7) is 11.2. The van der Waals surface area contributed by atoms with Gasteiger partial charge in [-0.15, -0.1) is 0 Å². The summed E-state index contributed by atoms with van der Waals surface area (Å²) in [5.41, 5.74) is 0.407. The fourth-order valence-electron chi connectivity index (χ4n) is 1.33. The molecule has 2 heteroatoms. The zero-order valence-electron chi connectivity index (χ0n) is 9.25. The van der Waals surface area contributed by atoms with E-state index in [2.05, 4.69) is 55.6 Å². The van der Waals surface area contributed by atoms with Crippen molar-refractivity contribution in [3.63, 3.8) is 0 Å². The first-order chi connectivity index (χ1) is 6.07. The zero-order chi connectivity index (χ0) is 9.90. The van der Waals surface area contributed by atoms with E-state index in [9.17, 15) is 0 Å². The van der Waals surface area contributed by atoms with E-state index in [1.165, 1.54) is 6.42 Å². The molecule has 0 radical (unpaired) electrons. The van der Waals surface area contributed by atoms with Crippen molar-refractivity contribution < 1.29 is 4.57 Å². The standard InChI is InChI=1S/C11H21N2/c1-5-11(3,4)9-13-8-7-12(6-2)10-13/h7-8,10H,5-6,9H2,1-4H3/q+1. The van der Waals surface area contributed by atoms with Crippen molar-refractivity contribution in [2.45, 2.75) is 47.2 Å². The fourth-order valence-corrected chi connectivity index (χ4v) is 1.33. The van der Waals surface area contributed by atoms with Gasteiger partial charge in [-0.1, -0.05) is 20.8 Å². The summed E-state index contributed by atoms with van der Waals surface area (Å²) in [4.78, 5) is 0. The van der Waals surface area contributed by atoms with Crippen LogP contribution in [0.4, 0.5) is 0 Å². The van der Waals surface area contributed by atoms with Gasteiger partial charge in [0.25, 0.3) is 0 Å². The van der Waals surface area contributed by atoms with Crippen LogP contribution in [0.5, 0.6) is 0 Å². The van der Waals surface area contributed by atoms with Gasteiger partial charge >= 0.3 is 0 Å². The van der Waals surface area contributed by atoms with Crippen molar-refractivity contribution in [3.8, 4) is 0 Å². The van der Waals surface area contributed by atoms with Crippen LogP contribution in [0.25, 0.3) is 0 Å². The summed E-state index contributed by atoms with van der Waals surface area (Å²) >= 11 is 0. The molecule has 2 nitrogen and oxygen atoms in total. The number of hydrogen-bond donors (Lipinski definition) is 0. The third kappa shape index (κ3) is 2.87. The van der Waals surface area contributed by atoms with Gasteiger partial charge < -0.3 is 0 Å². The number of imidazole rings is 1. The summed E-state index contributed by atoms with van der Waals surface area (Å²) in [5, 5.41) is 0. The molecular formula is C11H21N2+. The zero-order valence-corrected chi connectivity index (χ0v) is 9.25. The molecule has 0 bridgehead atoms. The third-order valence-electron chi connectivity index (χ3n) is 2.68. The Morgan fingerprint density at radius 3 is 2.46 bits per heavy atom. The Kier molecular flexibility index (Phi) is 3.12. The molecule has 1 aromatic heterocycles. The van der Waals surface area contributed by atoms with E-state index in [1.54, 1.807) is 0 Å². The summed E-state index contributed by atoms with van der Waals surface area (Å²) < 4.78 is 4.47. The molecule has 0 N–H and O–H groups in total. The Bertz CT molecular complexity index is 261. The van der Waals surface area contributed by atoms with Crippen molar-refractivity contribution in [2.75, 3.05) is 0 Å². The smallest absolute Gasteiger partial charge is 0.237 e. The minimum atomic E-state index is 0.407. The van der Waals surface area contributed by atoms with Crippen LogP contribution in [0.2, 0.25) is 0 Å². The first-order valence-electron chi connectivity index (χ1n) is 5.12. The van der Waals surface area contributed by atoms with Crippen molar-refractivity contribution in [3.05, 3.63) is 18.7 Å². The first-order valence-corrected chi connectivity index (χ1v) is 5.12. The van der Waals surface area contributed by atoms with E-state index in [0.717, 1.165) is 13.1 Å². The van der Waals surface area contributed by atoms with Crippen molar-refractivity contribution in [1.82, 2.24) is 4.57 Å². The Morgan fingerprint density at radius 1 is 1.31 bits per heavy atom.